The standard InChI is InChI=1S/C13H19NO.ClH/c1-9-8-11(6-7-12(9)15-2)13(14)10-4-3-5-10;/h6-8,10,13H,3-5,14H2,1-2H3;1H/t13-;/m1./s1. The molecular weight excluding hydrogens is 222 g/mol. The van der Waals surface area contributed by atoms with Crippen molar-refractivity contribution < 1.29 is 4.74 Å². The highest BCUT2D eigenvalue weighted by molar-refractivity contribution is 5.85. The molecule has 1 aliphatic rings. The monoisotopic (exact) mass is 241 g/mol. The van der Waals surface area contributed by atoms with Crippen molar-refractivity contribution in [3.8, 4) is 5.75 Å². The summed E-state index contributed by atoms with van der Waals surface area (Å²) in [5.74, 6) is 1.64. The van der Waals surface area contributed by atoms with E-state index in [1.165, 1.54) is 30.4 Å². The second-order valence-electron chi connectivity index (χ2n) is 4.45. The van der Waals surface area contributed by atoms with Gasteiger partial charge in [0, 0.05) is 6.04 Å². The van der Waals surface area contributed by atoms with Crippen LogP contribution in [-0.2, 0) is 0 Å². The van der Waals surface area contributed by atoms with E-state index in [2.05, 4.69) is 19.1 Å². The van der Waals surface area contributed by atoms with Crippen molar-refractivity contribution in [2.45, 2.75) is 32.2 Å². The zero-order valence-electron chi connectivity index (χ0n) is 9.90. The van der Waals surface area contributed by atoms with Gasteiger partial charge in [-0.05, 0) is 42.9 Å². The Morgan fingerprint density at radius 3 is 2.50 bits per heavy atom. The van der Waals surface area contributed by atoms with Gasteiger partial charge < -0.3 is 10.5 Å². The van der Waals surface area contributed by atoms with E-state index in [0.29, 0.717) is 5.92 Å². The van der Waals surface area contributed by atoms with Crippen LogP contribution in [0.3, 0.4) is 0 Å². The molecule has 0 heterocycles. The van der Waals surface area contributed by atoms with Crippen LogP contribution in [0.1, 0.15) is 36.4 Å². The van der Waals surface area contributed by atoms with E-state index in [1.54, 1.807) is 7.11 Å². The lowest BCUT2D eigenvalue weighted by molar-refractivity contribution is 0.264. The van der Waals surface area contributed by atoms with Crippen molar-refractivity contribution in [3.63, 3.8) is 0 Å². The van der Waals surface area contributed by atoms with Crippen LogP contribution in [0.4, 0.5) is 0 Å². The van der Waals surface area contributed by atoms with Crippen LogP contribution in [-0.4, -0.2) is 7.11 Å². The highest BCUT2D eigenvalue weighted by atomic mass is 35.5. The average molecular weight is 242 g/mol. The summed E-state index contributed by atoms with van der Waals surface area (Å²) in [6.07, 6.45) is 3.91. The van der Waals surface area contributed by atoms with Gasteiger partial charge in [0.2, 0.25) is 0 Å². The lowest BCUT2D eigenvalue weighted by Crippen LogP contribution is -2.26. The van der Waals surface area contributed by atoms with E-state index in [4.69, 9.17) is 10.5 Å². The first-order valence-electron chi connectivity index (χ1n) is 5.62. The van der Waals surface area contributed by atoms with Crippen molar-refractivity contribution in [1.29, 1.82) is 0 Å². The molecule has 1 aromatic rings. The molecule has 0 aliphatic heterocycles. The maximum absolute atomic E-state index is 6.22. The van der Waals surface area contributed by atoms with E-state index >= 15 is 0 Å². The quantitative estimate of drug-likeness (QED) is 0.882. The Morgan fingerprint density at radius 2 is 2.06 bits per heavy atom. The lowest BCUT2D eigenvalue weighted by Gasteiger charge is -2.31. The van der Waals surface area contributed by atoms with Gasteiger partial charge in [-0.1, -0.05) is 18.6 Å². The predicted octanol–water partition coefficient (Wildman–Crippen LogP) is 3.23. The number of aryl methyl sites for hydroxylation is 1. The second kappa shape index (κ2) is 5.55. The average Bonchev–Trinajstić information content (AvgIpc) is 2.15. The highest BCUT2D eigenvalue weighted by Gasteiger charge is 2.25. The van der Waals surface area contributed by atoms with E-state index in [-0.39, 0.29) is 18.4 Å². The Hall–Kier alpha value is -0.730. The first-order chi connectivity index (χ1) is 7.22. The minimum atomic E-state index is 0. The van der Waals surface area contributed by atoms with E-state index in [0.717, 1.165) is 5.75 Å². The fourth-order valence-corrected chi connectivity index (χ4v) is 2.18. The molecule has 2 N–H and O–H groups in total. The fraction of sp³-hybridized carbons (Fsp3) is 0.538. The van der Waals surface area contributed by atoms with Crippen LogP contribution < -0.4 is 10.5 Å². The zero-order valence-corrected chi connectivity index (χ0v) is 10.7. The minimum Gasteiger partial charge on any atom is -0.496 e. The summed E-state index contributed by atoms with van der Waals surface area (Å²) < 4.78 is 5.24. The van der Waals surface area contributed by atoms with Gasteiger partial charge in [0.15, 0.2) is 0 Å². The smallest absolute Gasteiger partial charge is 0.121 e. The molecular formula is C13H20ClNO. The van der Waals surface area contributed by atoms with Crippen LogP contribution in [0.15, 0.2) is 18.2 Å². The maximum atomic E-state index is 6.22. The number of ether oxygens (including phenoxy) is 1. The number of nitrogens with two attached hydrogens (primary N) is 1. The summed E-state index contributed by atoms with van der Waals surface area (Å²) in [6, 6.07) is 6.48. The first-order valence-corrected chi connectivity index (χ1v) is 5.62. The molecule has 0 aromatic heterocycles. The second-order valence-corrected chi connectivity index (χ2v) is 4.45. The molecule has 0 bridgehead atoms. The SMILES string of the molecule is COc1ccc([C@H](N)C2CCC2)cc1C.Cl. The number of hydrogen-bond acceptors (Lipinski definition) is 2. The molecule has 1 aliphatic carbocycles. The first kappa shape index (κ1) is 13.3. The zero-order chi connectivity index (χ0) is 10.8. The summed E-state index contributed by atoms with van der Waals surface area (Å²) in [7, 11) is 1.70. The summed E-state index contributed by atoms with van der Waals surface area (Å²) in [5.41, 5.74) is 8.64. The van der Waals surface area contributed by atoms with Gasteiger partial charge >= 0.3 is 0 Å². The molecule has 1 fully saturated rings. The summed E-state index contributed by atoms with van der Waals surface area (Å²) in [4.78, 5) is 0. The third-order valence-electron chi connectivity index (χ3n) is 3.46. The van der Waals surface area contributed by atoms with Crippen LogP contribution in [0.25, 0.3) is 0 Å². The molecule has 0 amide bonds. The Bertz CT molecular complexity index is 350. The normalized spacial score (nSPS) is 17.2. The summed E-state index contributed by atoms with van der Waals surface area (Å²) in [5, 5.41) is 0. The highest BCUT2D eigenvalue weighted by Crippen LogP contribution is 2.36. The third kappa shape index (κ3) is 2.50. The Labute approximate surface area is 104 Å². The maximum Gasteiger partial charge on any atom is 0.121 e. The lowest BCUT2D eigenvalue weighted by atomic mass is 9.77. The molecule has 1 aromatic carbocycles. The minimum absolute atomic E-state index is 0. The fourth-order valence-electron chi connectivity index (χ4n) is 2.18. The van der Waals surface area contributed by atoms with Crippen molar-refractivity contribution in [3.05, 3.63) is 29.3 Å². The van der Waals surface area contributed by atoms with Crippen LogP contribution in [0.2, 0.25) is 0 Å². The molecule has 0 radical (unpaired) electrons. The molecule has 2 nitrogen and oxygen atoms in total. The van der Waals surface area contributed by atoms with Crippen LogP contribution in [0, 0.1) is 12.8 Å². The van der Waals surface area contributed by atoms with Crippen molar-refractivity contribution >= 4 is 12.4 Å². The largest absolute Gasteiger partial charge is 0.496 e. The van der Waals surface area contributed by atoms with Gasteiger partial charge in [-0.15, -0.1) is 12.4 Å². The van der Waals surface area contributed by atoms with E-state index in [1.807, 2.05) is 6.07 Å². The van der Waals surface area contributed by atoms with Gasteiger partial charge in [0.05, 0.1) is 7.11 Å². The van der Waals surface area contributed by atoms with Gasteiger partial charge in [-0.25, -0.2) is 0 Å². The summed E-state index contributed by atoms with van der Waals surface area (Å²) >= 11 is 0. The number of hydrogen-bond donors (Lipinski definition) is 1. The molecule has 0 saturated heterocycles. The third-order valence-corrected chi connectivity index (χ3v) is 3.46. The molecule has 0 unspecified atom stereocenters. The molecule has 2 rings (SSSR count). The molecule has 1 saturated carbocycles. The van der Waals surface area contributed by atoms with Crippen molar-refractivity contribution in [2.75, 3.05) is 7.11 Å². The predicted molar refractivity (Wildman–Crippen MR) is 69.2 cm³/mol. The number of rotatable bonds is 3. The molecule has 0 spiro atoms. The van der Waals surface area contributed by atoms with Gasteiger partial charge in [0.25, 0.3) is 0 Å². The van der Waals surface area contributed by atoms with Gasteiger partial charge in [-0.3, -0.25) is 0 Å². The molecule has 3 heteroatoms. The molecule has 1 atom stereocenters. The number of halogens is 1. The topological polar surface area (TPSA) is 35.2 Å². The Morgan fingerprint density at radius 1 is 1.38 bits per heavy atom. The van der Waals surface area contributed by atoms with Crippen LogP contribution >= 0.6 is 12.4 Å². The number of methoxy groups -OCH3 is 1. The molecule has 16 heavy (non-hydrogen) atoms. The van der Waals surface area contributed by atoms with Crippen molar-refractivity contribution in [2.24, 2.45) is 11.7 Å². The van der Waals surface area contributed by atoms with Gasteiger partial charge in [-0.2, -0.15) is 0 Å². The van der Waals surface area contributed by atoms with Crippen LogP contribution in [0.5, 0.6) is 5.75 Å². The van der Waals surface area contributed by atoms with Gasteiger partial charge in [0.1, 0.15) is 5.75 Å². The van der Waals surface area contributed by atoms with Crippen molar-refractivity contribution in [1.82, 2.24) is 0 Å². The number of benzene rings is 1. The Balaban J connectivity index is 0.00000128. The Kier molecular flexibility index (Phi) is 4.63. The summed E-state index contributed by atoms with van der Waals surface area (Å²) in [6.45, 7) is 2.07. The van der Waals surface area contributed by atoms with E-state index in [9.17, 15) is 0 Å². The molecule has 90 valence electrons. The van der Waals surface area contributed by atoms with E-state index < -0.39 is 0 Å².